The van der Waals surface area contributed by atoms with Crippen LogP contribution in [0.1, 0.15) is 6.92 Å². The molecule has 0 saturated heterocycles. The van der Waals surface area contributed by atoms with Crippen molar-refractivity contribution < 1.29 is 25.4 Å². The quantitative estimate of drug-likeness (QED) is 0.361. The van der Waals surface area contributed by atoms with Crippen LogP contribution in [0.3, 0.4) is 0 Å². The Morgan fingerprint density at radius 1 is 1.64 bits per heavy atom. The maximum Gasteiger partial charge on any atom is 0.361 e. The Kier molecular flexibility index (Phi) is 11.0. The summed E-state index contributed by atoms with van der Waals surface area (Å²) >= 11 is 0. The number of esters is 1. The molecule has 5 nitrogen and oxygen atoms in total. The number of quaternary nitrogens is 1. The Hall–Kier alpha value is -0.650. The van der Waals surface area contributed by atoms with Gasteiger partial charge in [0.15, 0.2) is 6.54 Å². The summed E-state index contributed by atoms with van der Waals surface area (Å²) in [6.07, 6.45) is 0. The average Bonchev–Trinajstić information content (AvgIpc) is 1.89. The highest BCUT2D eigenvalue weighted by Crippen LogP contribution is 1.69. The summed E-state index contributed by atoms with van der Waals surface area (Å²) in [6, 6.07) is 0. The molecule has 0 aliphatic heterocycles. The van der Waals surface area contributed by atoms with Gasteiger partial charge in [0.25, 0.3) is 0 Å². The van der Waals surface area contributed by atoms with Crippen LogP contribution in [0.2, 0.25) is 0 Å². The van der Waals surface area contributed by atoms with Crippen molar-refractivity contribution in [2.24, 2.45) is 0 Å². The second-order valence-corrected chi connectivity index (χ2v) is 1.81. The molecule has 0 atom stereocenters. The average molecular weight is 165 g/mol. The first-order valence-electron chi connectivity index (χ1n) is 3.39. The first kappa shape index (κ1) is 13.0. The number of aliphatic hydroxyl groups excluding tert-OH is 1. The van der Waals surface area contributed by atoms with E-state index in [2.05, 4.69) is 4.74 Å². The fourth-order valence-electron chi connectivity index (χ4n) is 0.531. The molecule has 0 spiro atoms. The molecule has 0 aromatic heterocycles. The van der Waals surface area contributed by atoms with E-state index in [9.17, 15) is 4.79 Å². The lowest BCUT2D eigenvalue weighted by Gasteiger charge is -1.98. The van der Waals surface area contributed by atoms with E-state index in [1.807, 2.05) is 0 Å². The number of carbonyl (C=O) groups is 1. The number of carbonyl (C=O) groups excluding carboxylic acids is 1. The molecular formula is C6H15NO4. The van der Waals surface area contributed by atoms with Gasteiger partial charge in [-0.25, -0.2) is 4.79 Å². The standard InChI is InChI=1S/C6H13NO3.H2O/c1-2-10-6(9)5-7-3-4-8;/h7-8H,2-5H2,1H3;1H2. The minimum atomic E-state index is -0.226. The van der Waals surface area contributed by atoms with Crippen LogP contribution in [0.15, 0.2) is 0 Å². The van der Waals surface area contributed by atoms with E-state index >= 15 is 0 Å². The zero-order valence-electron chi connectivity index (χ0n) is 6.62. The summed E-state index contributed by atoms with van der Waals surface area (Å²) in [7, 11) is 0. The molecule has 0 amide bonds. The van der Waals surface area contributed by atoms with Crippen molar-refractivity contribution in [3.05, 3.63) is 0 Å². The van der Waals surface area contributed by atoms with Crippen molar-refractivity contribution in [3.63, 3.8) is 0 Å². The van der Waals surface area contributed by atoms with Crippen LogP contribution in [0.25, 0.3) is 0 Å². The fourth-order valence-corrected chi connectivity index (χ4v) is 0.531. The Bertz CT molecular complexity index is 96.6. The zero-order valence-corrected chi connectivity index (χ0v) is 6.62. The molecule has 0 bridgehead atoms. The minimum absolute atomic E-state index is 0. The van der Waals surface area contributed by atoms with Gasteiger partial charge in [-0.3, -0.25) is 0 Å². The molecule has 0 aliphatic rings. The highest BCUT2D eigenvalue weighted by molar-refractivity contribution is 5.70. The zero-order chi connectivity index (χ0) is 7.82. The predicted octanol–water partition coefficient (Wildman–Crippen LogP) is -2.07. The molecule has 0 heterocycles. The van der Waals surface area contributed by atoms with E-state index in [4.69, 9.17) is 5.11 Å². The summed E-state index contributed by atoms with van der Waals surface area (Å²) in [5, 5.41) is 10.0. The first-order valence-corrected chi connectivity index (χ1v) is 3.39. The maximum absolute atomic E-state index is 10.6. The van der Waals surface area contributed by atoms with Gasteiger partial charge in [-0.15, -0.1) is 0 Å². The topological polar surface area (TPSA) is 93.1 Å². The maximum atomic E-state index is 10.6. The van der Waals surface area contributed by atoms with Crippen molar-refractivity contribution in [3.8, 4) is 0 Å². The molecule has 0 fully saturated rings. The second-order valence-electron chi connectivity index (χ2n) is 1.81. The lowest BCUT2D eigenvalue weighted by molar-refractivity contribution is -0.646. The van der Waals surface area contributed by atoms with Gasteiger partial charge >= 0.3 is 5.97 Å². The van der Waals surface area contributed by atoms with Gasteiger partial charge in [-0.05, 0) is 6.92 Å². The van der Waals surface area contributed by atoms with Crippen LogP contribution in [0.5, 0.6) is 0 Å². The number of hydrogen-bond acceptors (Lipinski definition) is 4. The van der Waals surface area contributed by atoms with E-state index in [1.54, 1.807) is 12.2 Å². The largest absolute Gasteiger partial charge is 0.870 e. The number of hydrogen-bond donors (Lipinski definition) is 2. The number of rotatable bonds is 5. The number of nitrogens with two attached hydrogens (primary N) is 1. The third-order valence-corrected chi connectivity index (χ3v) is 0.950. The van der Waals surface area contributed by atoms with E-state index in [1.165, 1.54) is 0 Å². The molecule has 0 radical (unpaired) electrons. The molecule has 11 heavy (non-hydrogen) atoms. The second kappa shape index (κ2) is 9.35. The van der Waals surface area contributed by atoms with Gasteiger partial charge in [-0.1, -0.05) is 0 Å². The molecule has 0 aliphatic carbocycles. The Morgan fingerprint density at radius 2 is 2.27 bits per heavy atom. The molecule has 68 valence electrons. The van der Waals surface area contributed by atoms with Crippen molar-refractivity contribution in [1.82, 2.24) is 0 Å². The molecule has 0 rings (SSSR count). The van der Waals surface area contributed by atoms with Crippen molar-refractivity contribution in [1.29, 1.82) is 0 Å². The smallest absolute Gasteiger partial charge is 0.361 e. The summed E-state index contributed by atoms with van der Waals surface area (Å²) in [5.41, 5.74) is 0. The lowest BCUT2D eigenvalue weighted by Crippen LogP contribution is -2.86. The lowest BCUT2D eigenvalue weighted by atomic mass is 10.6. The monoisotopic (exact) mass is 165 g/mol. The van der Waals surface area contributed by atoms with Crippen LogP contribution >= 0.6 is 0 Å². The SMILES string of the molecule is CCOC(=O)C[NH2+]CCO.[OH-]. The van der Waals surface area contributed by atoms with E-state index < -0.39 is 0 Å². The Labute approximate surface area is 65.7 Å². The molecule has 0 aromatic carbocycles. The summed E-state index contributed by atoms with van der Waals surface area (Å²) < 4.78 is 4.64. The Balaban J connectivity index is 0. The van der Waals surface area contributed by atoms with Crippen LogP contribution in [0.4, 0.5) is 0 Å². The van der Waals surface area contributed by atoms with Gasteiger partial charge in [-0.2, -0.15) is 0 Å². The normalized spacial score (nSPS) is 8.55. The van der Waals surface area contributed by atoms with E-state index in [0.717, 1.165) is 0 Å². The molecular weight excluding hydrogens is 150 g/mol. The van der Waals surface area contributed by atoms with Crippen LogP contribution in [-0.4, -0.2) is 42.9 Å². The van der Waals surface area contributed by atoms with Crippen molar-refractivity contribution in [2.45, 2.75) is 6.92 Å². The molecule has 0 unspecified atom stereocenters. The molecule has 5 heteroatoms. The molecule has 0 saturated carbocycles. The highest BCUT2D eigenvalue weighted by Gasteiger charge is 2.01. The van der Waals surface area contributed by atoms with Gasteiger partial charge < -0.3 is 20.6 Å². The van der Waals surface area contributed by atoms with Gasteiger partial charge in [0.2, 0.25) is 0 Å². The highest BCUT2D eigenvalue weighted by atomic mass is 16.5. The van der Waals surface area contributed by atoms with Gasteiger partial charge in [0.1, 0.15) is 0 Å². The predicted molar refractivity (Wildman–Crippen MR) is 37.3 cm³/mol. The first-order chi connectivity index (χ1) is 4.81. The fraction of sp³-hybridized carbons (Fsp3) is 0.833. The number of aliphatic hydroxyl groups is 1. The van der Waals surface area contributed by atoms with Crippen LogP contribution in [0, 0.1) is 0 Å². The minimum Gasteiger partial charge on any atom is -0.870 e. The van der Waals surface area contributed by atoms with Crippen LogP contribution < -0.4 is 5.32 Å². The van der Waals surface area contributed by atoms with Gasteiger partial charge in [0.05, 0.1) is 19.8 Å². The molecule has 4 N–H and O–H groups in total. The van der Waals surface area contributed by atoms with Crippen molar-refractivity contribution in [2.75, 3.05) is 26.3 Å². The molecule has 0 aromatic rings. The van der Waals surface area contributed by atoms with Crippen molar-refractivity contribution >= 4 is 5.97 Å². The summed E-state index contributed by atoms with van der Waals surface area (Å²) in [4.78, 5) is 10.6. The van der Waals surface area contributed by atoms with E-state index in [0.29, 0.717) is 19.7 Å². The summed E-state index contributed by atoms with van der Waals surface area (Å²) in [6.45, 7) is 3.14. The van der Waals surface area contributed by atoms with Crippen LogP contribution in [-0.2, 0) is 9.53 Å². The Morgan fingerprint density at radius 3 is 2.73 bits per heavy atom. The third-order valence-electron chi connectivity index (χ3n) is 0.950. The van der Waals surface area contributed by atoms with Gasteiger partial charge in [0, 0.05) is 0 Å². The van der Waals surface area contributed by atoms with E-state index in [-0.39, 0.29) is 18.1 Å². The summed E-state index contributed by atoms with van der Waals surface area (Å²) in [5.74, 6) is -0.226. The number of ether oxygens (including phenoxy) is 1. The third kappa shape index (κ3) is 9.35.